The zero-order valence-corrected chi connectivity index (χ0v) is 10.7. The molecule has 1 aliphatic rings. The number of hydrogen-bond acceptors (Lipinski definition) is 2. The summed E-state index contributed by atoms with van der Waals surface area (Å²) in [5.41, 5.74) is 1.84. The molecule has 1 fully saturated rings. The van der Waals surface area contributed by atoms with Gasteiger partial charge in [0.2, 0.25) is 0 Å². The highest BCUT2D eigenvalue weighted by molar-refractivity contribution is 7.80. The Morgan fingerprint density at radius 1 is 1.24 bits per heavy atom. The largest absolute Gasteiger partial charge is 0.755 e. The van der Waals surface area contributed by atoms with Crippen molar-refractivity contribution in [3.05, 3.63) is 29.8 Å². The first-order valence-corrected chi connectivity index (χ1v) is 7.27. The van der Waals surface area contributed by atoms with Gasteiger partial charge in [-0.1, -0.05) is 50.3 Å². The fourth-order valence-electron chi connectivity index (χ4n) is 2.59. The van der Waals surface area contributed by atoms with E-state index < -0.39 is 11.3 Å². The minimum Gasteiger partial charge on any atom is -0.755 e. The van der Waals surface area contributed by atoms with E-state index >= 15 is 0 Å². The van der Waals surface area contributed by atoms with Crippen molar-refractivity contribution in [2.24, 2.45) is 5.92 Å². The van der Waals surface area contributed by atoms with Crippen molar-refractivity contribution in [2.75, 3.05) is 4.72 Å². The number of anilines is 1. The lowest BCUT2D eigenvalue weighted by Crippen LogP contribution is -2.11. The van der Waals surface area contributed by atoms with Gasteiger partial charge in [-0.2, -0.15) is 0 Å². The molecule has 1 aliphatic carbocycles. The van der Waals surface area contributed by atoms with Crippen LogP contribution < -0.4 is 4.72 Å². The zero-order chi connectivity index (χ0) is 12.1. The average molecular weight is 252 g/mol. The molecule has 0 saturated heterocycles. The van der Waals surface area contributed by atoms with E-state index in [9.17, 15) is 8.76 Å². The molecular weight excluding hydrogens is 234 g/mol. The minimum absolute atomic E-state index is 0.715. The molecule has 0 aromatic heterocycles. The van der Waals surface area contributed by atoms with Crippen LogP contribution in [0.1, 0.15) is 37.7 Å². The van der Waals surface area contributed by atoms with E-state index in [2.05, 4.69) is 4.72 Å². The van der Waals surface area contributed by atoms with Gasteiger partial charge in [-0.3, -0.25) is 4.21 Å². The van der Waals surface area contributed by atoms with E-state index in [1.807, 2.05) is 24.3 Å². The number of rotatable bonds is 4. The number of hydrogen-bond donors (Lipinski definition) is 1. The van der Waals surface area contributed by atoms with Gasteiger partial charge in [0.25, 0.3) is 0 Å². The molecule has 17 heavy (non-hydrogen) atoms. The Morgan fingerprint density at radius 3 is 2.65 bits per heavy atom. The van der Waals surface area contributed by atoms with Gasteiger partial charge in [-0.15, -0.1) is 0 Å². The summed E-state index contributed by atoms with van der Waals surface area (Å²) in [6.45, 7) is 0. The van der Waals surface area contributed by atoms with E-state index in [1.165, 1.54) is 32.1 Å². The lowest BCUT2D eigenvalue weighted by Gasteiger charge is -2.23. The predicted molar refractivity (Wildman–Crippen MR) is 69.3 cm³/mol. The molecular formula is C13H18NO2S-. The molecule has 1 aromatic carbocycles. The van der Waals surface area contributed by atoms with Crippen LogP contribution in [-0.2, 0) is 17.7 Å². The summed E-state index contributed by atoms with van der Waals surface area (Å²) >= 11 is -2.23. The van der Waals surface area contributed by atoms with Crippen LogP contribution in [0, 0.1) is 5.92 Å². The first-order valence-electron chi connectivity index (χ1n) is 6.19. The van der Waals surface area contributed by atoms with Crippen molar-refractivity contribution in [1.82, 2.24) is 0 Å². The van der Waals surface area contributed by atoms with Gasteiger partial charge >= 0.3 is 0 Å². The molecule has 4 heteroatoms. The number of benzene rings is 1. The Kier molecular flexibility index (Phi) is 4.57. The highest BCUT2D eigenvalue weighted by Crippen LogP contribution is 2.29. The Hall–Kier alpha value is -0.870. The lowest BCUT2D eigenvalue weighted by atomic mass is 9.84. The highest BCUT2D eigenvalue weighted by Gasteiger charge is 2.15. The van der Waals surface area contributed by atoms with Crippen LogP contribution in [0.5, 0.6) is 0 Å². The second kappa shape index (κ2) is 6.17. The smallest absolute Gasteiger partial charge is 0.0484 e. The van der Waals surface area contributed by atoms with Crippen molar-refractivity contribution in [3.8, 4) is 0 Å². The van der Waals surface area contributed by atoms with Crippen molar-refractivity contribution >= 4 is 17.0 Å². The van der Waals surface area contributed by atoms with E-state index in [1.54, 1.807) is 0 Å². The summed E-state index contributed by atoms with van der Waals surface area (Å²) in [6, 6.07) is 7.67. The highest BCUT2D eigenvalue weighted by atomic mass is 32.2. The van der Waals surface area contributed by atoms with Crippen molar-refractivity contribution < 1.29 is 8.76 Å². The fourth-order valence-corrected chi connectivity index (χ4v) is 2.97. The molecule has 1 N–H and O–H groups in total. The second-order valence-electron chi connectivity index (χ2n) is 4.70. The first-order chi connectivity index (χ1) is 8.25. The van der Waals surface area contributed by atoms with Crippen LogP contribution in [0.25, 0.3) is 0 Å². The third kappa shape index (κ3) is 3.82. The standard InChI is InChI=1S/C13H19NO2S/c15-17(16)14-13-9-5-4-8-12(13)10-11-6-2-1-3-7-11/h4-5,8-9,11,14H,1-3,6-7,10H2,(H,15,16)/p-1. The maximum Gasteiger partial charge on any atom is 0.0484 e. The van der Waals surface area contributed by atoms with Crippen LogP contribution in [0.4, 0.5) is 5.69 Å². The molecule has 0 bridgehead atoms. The molecule has 0 radical (unpaired) electrons. The Balaban J connectivity index is 2.05. The van der Waals surface area contributed by atoms with Gasteiger partial charge in [0, 0.05) is 17.0 Å². The molecule has 94 valence electrons. The van der Waals surface area contributed by atoms with Gasteiger partial charge in [0.1, 0.15) is 0 Å². The van der Waals surface area contributed by atoms with Gasteiger partial charge in [-0.25, -0.2) is 0 Å². The van der Waals surface area contributed by atoms with E-state index in [-0.39, 0.29) is 0 Å². The lowest BCUT2D eigenvalue weighted by molar-refractivity contribution is 0.357. The zero-order valence-electron chi connectivity index (χ0n) is 9.85. The van der Waals surface area contributed by atoms with Crippen LogP contribution in [0.3, 0.4) is 0 Å². The summed E-state index contributed by atoms with van der Waals surface area (Å²) in [7, 11) is 0. The monoisotopic (exact) mass is 252 g/mol. The van der Waals surface area contributed by atoms with Gasteiger partial charge in [-0.05, 0) is 24.0 Å². The molecule has 0 aliphatic heterocycles. The van der Waals surface area contributed by atoms with E-state index in [0.717, 1.165) is 17.7 Å². The molecule has 1 aromatic rings. The third-order valence-corrected chi connectivity index (χ3v) is 3.83. The summed E-state index contributed by atoms with van der Waals surface area (Å²) in [4.78, 5) is 0. The normalized spacial score (nSPS) is 18.9. The Morgan fingerprint density at radius 2 is 1.94 bits per heavy atom. The minimum atomic E-state index is -2.23. The summed E-state index contributed by atoms with van der Waals surface area (Å²) in [6.07, 6.45) is 7.51. The van der Waals surface area contributed by atoms with Gasteiger partial charge in [0.15, 0.2) is 0 Å². The Labute approximate surface area is 105 Å². The number of para-hydroxylation sites is 1. The fraction of sp³-hybridized carbons (Fsp3) is 0.538. The quantitative estimate of drug-likeness (QED) is 0.837. The summed E-state index contributed by atoms with van der Waals surface area (Å²) in [5.74, 6) is 0.715. The van der Waals surface area contributed by atoms with E-state index in [4.69, 9.17) is 0 Å². The maximum atomic E-state index is 10.7. The topological polar surface area (TPSA) is 52.2 Å². The van der Waals surface area contributed by atoms with Crippen LogP contribution in [0.15, 0.2) is 24.3 Å². The summed E-state index contributed by atoms with van der Waals surface area (Å²) < 4.78 is 23.9. The Bertz CT molecular complexity index is 389. The maximum absolute atomic E-state index is 10.7. The van der Waals surface area contributed by atoms with Crippen LogP contribution in [-0.4, -0.2) is 8.76 Å². The third-order valence-electron chi connectivity index (χ3n) is 3.44. The van der Waals surface area contributed by atoms with E-state index in [0.29, 0.717) is 5.92 Å². The molecule has 1 unspecified atom stereocenters. The molecule has 3 nitrogen and oxygen atoms in total. The van der Waals surface area contributed by atoms with Crippen molar-refractivity contribution in [3.63, 3.8) is 0 Å². The summed E-state index contributed by atoms with van der Waals surface area (Å²) in [5, 5.41) is 0. The first kappa shape index (κ1) is 12.6. The number of nitrogens with one attached hydrogen (secondary N) is 1. The molecule has 0 amide bonds. The molecule has 1 atom stereocenters. The van der Waals surface area contributed by atoms with Crippen LogP contribution >= 0.6 is 0 Å². The van der Waals surface area contributed by atoms with Gasteiger partial charge < -0.3 is 9.27 Å². The van der Waals surface area contributed by atoms with Crippen LogP contribution in [0.2, 0.25) is 0 Å². The second-order valence-corrected chi connectivity index (χ2v) is 5.38. The van der Waals surface area contributed by atoms with Crippen molar-refractivity contribution in [1.29, 1.82) is 0 Å². The molecule has 0 heterocycles. The average Bonchev–Trinajstić information content (AvgIpc) is 2.32. The van der Waals surface area contributed by atoms with Crippen molar-refractivity contribution in [2.45, 2.75) is 38.5 Å². The molecule has 1 saturated carbocycles. The molecule has 0 spiro atoms. The molecule has 2 rings (SSSR count). The SMILES string of the molecule is O=S([O-])Nc1ccccc1CC1CCCCC1. The predicted octanol–water partition coefficient (Wildman–Crippen LogP) is 3.02. The van der Waals surface area contributed by atoms with Gasteiger partial charge in [0.05, 0.1) is 0 Å².